The molecule has 7 heteroatoms. The molecule has 3 rings (SSSR count). The van der Waals surface area contributed by atoms with E-state index < -0.39 is 35.3 Å². The van der Waals surface area contributed by atoms with Crippen LogP contribution in [0.2, 0.25) is 0 Å². The van der Waals surface area contributed by atoms with E-state index >= 15 is 0 Å². The van der Waals surface area contributed by atoms with Gasteiger partial charge in [-0.05, 0) is 56.6 Å². The van der Waals surface area contributed by atoms with Gasteiger partial charge >= 0.3 is 0 Å². The van der Waals surface area contributed by atoms with E-state index in [-0.39, 0.29) is 6.61 Å². The molecule has 188 valence electrons. The van der Waals surface area contributed by atoms with Crippen LogP contribution in [0.25, 0.3) is 0 Å². The first-order chi connectivity index (χ1) is 17.0. The number of hydrogen-bond donors (Lipinski definition) is 1. The number of hydrogen-bond acceptors (Lipinski definition) is 4. The maximum Gasteiger partial charge on any atom is 0.255 e. The van der Waals surface area contributed by atoms with Crippen molar-refractivity contribution in [3.05, 3.63) is 89.4 Å². The van der Waals surface area contributed by atoms with E-state index in [9.17, 15) is 13.2 Å². The van der Waals surface area contributed by atoms with Gasteiger partial charge in [-0.1, -0.05) is 60.7 Å². The lowest BCUT2D eigenvalue weighted by Gasteiger charge is -2.17. The number of rotatable bonds is 15. The van der Waals surface area contributed by atoms with Gasteiger partial charge in [0, 0.05) is 13.2 Å². The number of benzene rings is 2. The highest BCUT2D eigenvalue weighted by Gasteiger charge is 2.22. The molecule has 0 aliphatic heterocycles. The van der Waals surface area contributed by atoms with Crippen LogP contribution in [0.3, 0.4) is 0 Å². The van der Waals surface area contributed by atoms with Crippen molar-refractivity contribution in [2.45, 2.75) is 51.6 Å². The molecule has 1 atom stereocenters. The van der Waals surface area contributed by atoms with E-state index in [2.05, 4.69) is 22.4 Å². The number of halogens is 3. The Morgan fingerprint density at radius 2 is 1.40 bits per heavy atom. The van der Waals surface area contributed by atoms with Crippen LogP contribution < -0.4 is 10.1 Å². The second-order valence-corrected chi connectivity index (χ2v) is 8.53. The average molecular weight is 487 g/mol. The summed E-state index contributed by atoms with van der Waals surface area (Å²) in [6.45, 7) is 2.69. The molecule has 1 aromatic heterocycles. The fraction of sp³-hybridized carbons (Fsp3) is 0.393. The third kappa shape index (κ3) is 8.91. The third-order valence-corrected chi connectivity index (χ3v) is 5.56. The summed E-state index contributed by atoms with van der Waals surface area (Å²) in [5.74, 6) is -4.36. The van der Waals surface area contributed by atoms with Crippen LogP contribution >= 0.6 is 0 Å². The molecule has 0 saturated carbocycles. The maximum atomic E-state index is 14.8. The third-order valence-electron chi connectivity index (χ3n) is 5.56. The minimum Gasteiger partial charge on any atom is -0.470 e. The number of nitrogens with zero attached hydrogens (tertiary/aromatic N) is 1. The van der Waals surface area contributed by atoms with Crippen molar-refractivity contribution < 1.29 is 22.6 Å². The molecule has 0 aliphatic rings. The molecule has 0 fully saturated rings. The summed E-state index contributed by atoms with van der Waals surface area (Å²) in [5, 5.41) is 2.66. The lowest BCUT2D eigenvalue weighted by atomic mass is 10.1. The van der Waals surface area contributed by atoms with E-state index in [0.29, 0.717) is 19.6 Å². The molecule has 0 radical (unpaired) electrons. The van der Waals surface area contributed by atoms with Crippen molar-refractivity contribution in [1.29, 1.82) is 0 Å². The predicted octanol–water partition coefficient (Wildman–Crippen LogP) is 6.74. The number of ether oxygens (including phenoxy) is 2. The summed E-state index contributed by atoms with van der Waals surface area (Å²) < 4.78 is 54.0. The van der Waals surface area contributed by atoms with Crippen LogP contribution in [0.1, 0.15) is 43.7 Å². The molecule has 1 N–H and O–H groups in total. The topological polar surface area (TPSA) is 43.4 Å². The first-order valence-electron chi connectivity index (χ1n) is 12.1. The second-order valence-electron chi connectivity index (χ2n) is 8.53. The summed E-state index contributed by atoms with van der Waals surface area (Å²) in [5.41, 5.74) is 1.92. The molecule has 0 bridgehead atoms. The van der Waals surface area contributed by atoms with Gasteiger partial charge in [-0.15, -0.1) is 0 Å². The van der Waals surface area contributed by atoms with E-state index in [4.69, 9.17) is 9.47 Å². The summed E-state index contributed by atoms with van der Waals surface area (Å²) in [6, 6.07) is 20.2. The lowest BCUT2D eigenvalue weighted by Crippen LogP contribution is -2.22. The number of nitrogens with one attached hydrogen (secondary N) is 1. The van der Waals surface area contributed by atoms with Crippen LogP contribution in [0.15, 0.2) is 60.7 Å². The highest BCUT2D eigenvalue weighted by molar-refractivity contribution is 5.49. The van der Waals surface area contributed by atoms with Crippen molar-refractivity contribution in [2.75, 3.05) is 25.1 Å². The minimum absolute atomic E-state index is 0.188. The van der Waals surface area contributed by atoms with Crippen LogP contribution in [0, 0.1) is 17.6 Å². The first kappa shape index (κ1) is 26.5. The fourth-order valence-corrected chi connectivity index (χ4v) is 3.69. The van der Waals surface area contributed by atoms with Crippen LogP contribution in [0.4, 0.5) is 18.9 Å². The Balaban J connectivity index is 1.40. The van der Waals surface area contributed by atoms with Gasteiger partial charge in [0.2, 0.25) is 11.6 Å². The van der Waals surface area contributed by atoms with Crippen LogP contribution in [-0.4, -0.2) is 30.8 Å². The molecule has 4 nitrogen and oxygen atoms in total. The monoisotopic (exact) mass is 486 g/mol. The van der Waals surface area contributed by atoms with Crippen molar-refractivity contribution in [3.8, 4) is 5.88 Å². The molecule has 0 saturated heterocycles. The standard InChI is InChI=1S/C28H33F3N2O2/c1-21(20-34-19-11-9-17-23-14-6-3-7-15-23)35-28-25(30)26(24(29)27(31)33-28)32-18-10-8-16-22-12-4-2-5-13-22/h2-7,12-15,21H,8-11,16-20H2,1H3,(H,32,33). The zero-order chi connectivity index (χ0) is 24.9. The Hall–Kier alpha value is -3.06. The number of aromatic nitrogens is 1. The summed E-state index contributed by atoms with van der Waals surface area (Å²) in [7, 11) is 0. The van der Waals surface area contributed by atoms with Gasteiger partial charge in [0.15, 0.2) is 0 Å². The molecular formula is C28H33F3N2O2. The fourth-order valence-electron chi connectivity index (χ4n) is 3.69. The Kier molecular flexibility index (Phi) is 10.9. The van der Waals surface area contributed by atoms with E-state index in [1.54, 1.807) is 6.92 Å². The molecule has 0 aliphatic carbocycles. The SMILES string of the molecule is CC(COCCCCc1ccccc1)Oc1nc(F)c(F)c(NCCCCc2ccccc2)c1F. The molecular weight excluding hydrogens is 453 g/mol. The van der Waals surface area contributed by atoms with Crippen LogP contribution in [-0.2, 0) is 17.6 Å². The minimum atomic E-state index is -1.40. The molecule has 3 aromatic rings. The highest BCUT2D eigenvalue weighted by Crippen LogP contribution is 2.28. The Labute approximate surface area is 205 Å². The molecule has 0 spiro atoms. The van der Waals surface area contributed by atoms with Crippen LogP contribution in [0.5, 0.6) is 5.88 Å². The zero-order valence-corrected chi connectivity index (χ0v) is 20.1. The second kappa shape index (κ2) is 14.4. The highest BCUT2D eigenvalue weighted by atomic mass is 19.2. The van der Waals surface area contributed by atoms with Gasteiger partial charge in [-0.2, -0.15) is 18.2 Å². The van der Waals surface area contributed by atoms with Crippen molar-refractivity contribution >= 4 is 5.69 Å². The Morgan fingerprint density at radius 3 is 2.03 bits per heavy atom. The molecule has 1 heterocycles. The van der Waals surface area contributed by atoms with Gasteiger partial charge in [-0.25, -0.2) is 0 Å². The zero-order valence-electron chi connectivity index (χ0n) is 20.1. The Morgan fingerprint density at radius 1 is 0.800 bits per heavy atom. The normalized spacial score (nSPS) is 11.9. The van der Waals surface area contributed by atoms with Crippen molar-refractivity contribution in [3.63, 3.8) is 0 Å². The molecule has 1 unspecified atom stereocenters. The maximum absolute atomic E-state index is 14.8. The van der Waals surface area contributed by atoms with Crippen molar-refractivity contribution in [2.24, 2.45) is 0 Å². The number of aryl methyl sites for hydroxylation is 2. The average Bonchev–Trinajstić information content (AvgIpc) is 2.87. The number of unbranched alkanes of at least 4 members (excludes halogenated alkanes) is 2. The van der Waals surface area contributed by atoms with E-state index in [1.165, 1.54) is 11.1 Å². The summed E-state index contributed by atoms with van der Waals surface area (Å²) >= 11 is 0. The van der Waals surface area contributed by atoms with Gasteiger partial charge in [0.1, 0.15) is 11.8 Å². The van der Waals surface area contributed by atoms with Gasteiger partial charge in [-0.3, -0.25) is 0 Å². The molecule has 35 heavy (non-hydrogen) atoms. The lowest BCUT2D eigenvalue weighted by molar-refractivity contribution is 0.0521. The first-order valence-corrected chi connectivity index (χ1v) is 12.1. The Bertz CT molecular complexity index is 1020. The molecule has 0 amide bonds. The quantitative estimate of drug-likeness (QED) is 0.191. The number of anilines is 1. The van der Waals surface area contributed by atoms with Gasteiger partial charge in [0.25, 0.3) is 11.8 Å². The molecule has 2 aromatic carbocycles. The van der Waals surface area contributed by atoms with Crippen molar-refractivity contribution in [1.82, 2.24) is 4.98 Å². The largest absolute Gasteiger partial charge is 0.470 e. The van der Waals surface area contributed by atoms with Gasteiger partial charge < -0.3 is 14.8 Å². The van der Waals surface area contributed by atoms with E-state index in [0.717, 1.165) is 32.1 Å². The smallest absolute Gasteiger partial charge is 0.255 e. The van der Waals surface area contributed by atoms with E-state index in [1.807, 2.05) is 48.5 Å². The summed E-state index contributed by atoms with van der Waals surface area (Å²) in [4.78, 5) is 3.31. The van der Waals surface area contributed by atoms with Gasteiger partial charge in [0.05, 0.1) is 6.61 Å². The number of pyridine rings is 1. The predicted molar refractivity (Wildman–Crippen MR) is 132 cm³/mol. The summed E-state index contributed by atoms with van der Waals surface area (Å²) in [6.07, 6.45) is 4.61.